The van der Waals surface area contributed by atoms with Crippen molar-refractivity contribution in [1.29, 1.82) is 0 Å². The van der Waals surface area contributed by atoms with Gasteiger partial charge in [0.05, 0.1) is 0 Å². The maximum Gasteiger partial charge on any atom is 0.134 e. The summed E-state index contributed by atoms with van der Waals surface area (Å²) in [5, 5.41) is 3.28. The van der Waals surface area contributed by atoms with E-state index in [9.17, 15) is 0 Å². The van der Waals surface area contributed by atoms with Crippen molar-refractivity contribution in [3.8, 4) is 0 Å². The Labute approximate surface area is 102 Å². The third-order valence-corrected chi connectivity index (χ3v) is 3.07. The van der Waals surface area contributed by atoms with Gasteiger partial charge in [0.1, 0.15) is 18.0 Å². The zero-order valence-electron chi connectivity index (χ0n) is 10.4. The van der Waals surface area contributed by atoms with Crippen molar-refractivity contribution >= 4 is 11.6 Å². The van der Waals surface area contributed by atoms with Gasteiger partial charge in [0, 0.05) is 31.7 Å². The van der Waals surface area contributed by atoms with Crippen LogP contribution in [0.15, 0.2) is 12.4 Å². The Morgan fingerprint density at radius 3 is 2.88 bits per heavy atom. The van der Waals surface area contributed by atoms with Gasteiger partial charge in [-0.15, -0.1) is 0 Å². The minimum Gasteiger partial charge on any atom is -0.370 e. The summed E-state index contributed by atoms with van der Waals surface area (Å²) in [7, 11) is 0. The van der Waals surface area contributed by atoms with Gasteiger partial charge in [0.2, 0.25) is 0 Å². The highest BCUT2D eigenvalue weighted by molar-refractivity contribution is 5.48. The molecule has 0 saturated carbocycles. The highest BCUT2D eigenvalue weighted by Crippen LogP contribution is 2.18. The Morgan fingerprint density at radius 1 is 1.41 bits per heavy atom. The van der Waals surface area contributed by atoms with E-state index in [4.69, 9.17) is 5.73 Å². The lowest BCUT2D eigenvalue weighted by Gasteiger charge is -2.31. The molecule has 0 aromatic carbocycles. The van der Waals surface area contributed by atoms with Gasteiger partial charge in [0.25, 0.3) is 0 Å². The normalized spacial score (nSPS) is 17.2. The maximum atomic E-state index is 5.90. The van der Waals surface area contributed by atoms with Gasteiger partial charge in [-0.25, -0.2) is 9.97 Å². The SMILES string of the molecule is CCCNc1cc(N2CCC(N)CC2)ncn1. The summed E-state index contributed by atoms with van der Waals surface area (Å²) in [6.45, 7) is 5.07. The van der Waals surface area contributed by atoms with Crippen LogP contribution in [0, 0.1) is 0 Å². The highest BCUT2D eigenvalue weighted by atomic mass is 15.2. The van der Waals surface area contributed by atoms with Gasteiger partial charge >= 0.3 is 0 Å². The molecule has 0 unspecified atom stereocenters. The summed E-state index contributed by atoms with van der Waals surface area (Å²) in [5.74, 6) is 1.91. The summed E-state index contributed by atoms with van der Waals surface area (Å²) in [5.41, 5.74) is 5.90. The van der Waals surface area contributed by atoms with E-state index >= 15 is 0 Å². The molecule has 0 spiro atoms. The summed E-state index contributed by atoms with van der Waals surface area (Å²) in [6, 6.07) is 2.37. The van der Waals surface area contributed by atoms with E-state index in [0.29, 0.717) is 6.04 Å². The molecule has 1 saturated heterocycles. The molecule has 17 heavy (non-hydrogen) atoms. The first-order chi connectivity index (χ1) is 8.29. The quantitative estimate of drug-likeness (QED) is 0.821. The van der Waals surface area contributed by atoms with Crippen LogP contribution < -0.4 is 16.0 Å². The maximum absolute atomic E-state index is 5.90. The van der Waals surface area contributed by atoms with Crippen LogP contribution in [0.1, 0.15) is 26.2 Å². The average Bonchev–Trinajstić information content (AvgIpc) is 2.37. The number of hydrogen-bond acceptors (Lipinski definition) is 5. The van der Waals surface area contributed by atoms with Crippen molar-refractivity contribution in [2.75, 3.05) is 29.9 Å². The molecule has 1 aliphatic heterocycles. The number of rotatable bonds is 4. The molecule has 1 aromatic heterocycles. The number of hydrogen-bond donors (Lipinski definition) is 2. The molecule has 0 aliphatic carbocycles. The van der Waals surface area contributed by atoms with E-state index in [1.54, 1.807) is 6.33 Å². The fraction of sp³-hybridized carbons (Fsp3) is 0.667. The molecule has 0 atom stereocenters. The molecule has 0 radical (unpaired) electrons. The number of nitrogens with two attached hydrogens (primary N) is 1. The van der Waals surface area contributed by atoms with Crippen LogP contribution in [0.5, 0.6) is 0 Å². The lowest BCUT2D eigenvalue weighted by molar-refractivity contribution is 0.498. The van der Waals surface area contributed by atoms with Gasteiger partial charge in [-0.1, -0.05) is 6.92 Å². The first kappa shape index (κ1) is 12.1. The van der Waals surface area contributed by atoms with Crippen molar-refractivity contribution in [2.45, 2.75) is 32.2 Å². The Bertz CT molecular complexity index is 347. The van der Waals surface area contributed by atoms with E-state index in [0.717, 1.165) is 50.5 Å². The monoisotopic (exact) mass is 235 g/mol. The minimum absolute atomic E-state index is 0.353. The van der Waals surface area contributed by atoms with Crippen molar-refractivity contribution in [1.82, 2.24) is 9.97 Å². The van der Waals surface area contributed by atoms with Crippen LogP contribution in [-0.2, 0) is 0 Å². The standard InChI is InChI=1S/C12H21N5/c1-2-5-14-11-8-12(16-9-15-11)17-6-3-10(13)4-7-17/h8-10H,2-7,13H2,1H3,(H,14,15,16). The molecule has 0 amide bonds. The second kappa shape index (κ2) is 5.82. The van der Waals surface area contributed by atoms with E-state index in [2.05, 4.69) is 27.1 Å². The molecule has 1 fully saturated rings. The number of piperidine rings is 1. The first-order valence-electron chi connectivity index (χ1n) is 6.36. The molecule has 5 nitrogen and oxygen atoms in total. The molecule has 94 valence electrons. The summed E-state index contributed by atoms with van der Waals surface area (Å²) in [4.78, 5) is 10.8. The highest BCUT2D eigenvalue weighted by Gasteiger charge is 2.17. The van der Waals surface area contributed by atoms with E-state index < -0.39 is 0 Å². The second-order valence-corrected chi connectivity index (χ2v) is 4.51. The van der Waals surface area contributed by atoms with Crippen LogP contribution in [-0.4, -0.2) is 35.6 Å². The molecule has 3 N–H and O–H groups in total. The summed E-state index contributed by atoms with van der Waals surface area (Å²) in [6.07, 6.45) is 4.81. The van der Waals surface area contributed by atoms with E-state index in [1.807, 2.05) is 6.07 Å². The van der Waals surface area contributed by atoms with Crippen molar-refractivity contribution in [3.05, 3.63) is 12.4 Å². The number of aromatic nitrogens is 2. The molecule has 2 heterocycles. The zero-order valence-corrected chi connectivity index (χ0v) is 10.4. The van der Waals surface area contributed by atoms with Gasteiger partial charge in [-0.3, -0.25) is 0 Å². The molecule has 5 heteroatoms. The second-order valence-electron chi connectivity index (χ2n) is 4.51. The minimum atomic E-state index is 0.353. The molecular weight excluding hydrogens is 214 g/mol. The van der Waals surface area contributed by atoms with Crippen molar-refractivity contribution < 1.29 is 0 Å². The van der Waals surface area contributed by atoms with Crippen LogP contribution in [0.4, 0.5) is 11.6 Å². The molecule has 0 bridgehead atoms. The summed E-state index contributed by atoms with van der Waals surface area (Å²) >= 11 is 0. The number of anilines is 2. The fourth-order valence-corrected chi connectivity index (χ4v) is 2.00. The molecule has 1 aromatic rings. The van der Waals surface area contributed by atoms with E-state index in [1.165, 1.54) is 0 Å². The van der Waals surface area contributed by atoms with Crippen molar-refractivity contribution in [3.63, 3.8) is 0 Å². The Balaban J connectivity index is 2.00. The lowest BCUT2D eigenvalue weighted by atomic mass is 10.1. The van der Waals surface area contributed by atoms with Crippen LogP contribution in [0.25, 0.3) is 0 Å². The third kappa shape index (κ3) is 3.30. The Hall–Kier alpha value is -1.36. The Kier molecular flexibility index (Phi) is 4.14. The number of nitrogens with one attached hydrogen (secondary N) is 1. The average molecular weight is 235 g/mol. The topological polar surface area (TPSA) is 67.1 Å². The van der Waals surface area contributed by atoms with Gasteiger partial charge in [-0.2, -0.15) is 0 Å². The van der Waals surface area contributed by atoms with Crippen LogP contribution in [0.2, 0.25) is 0 Å². The molecule has 2 rings (SSSR count). The first-order valence-corrected chi connectivity index (χ1v) is 6.36. The predicted octanol–water partition coefficient (Wildman–Crippen LogP) is 1.23. The van der Waals surface area contributed by atoms with Gasteiger partial charge in [-0.05, 0) is 19.3 Å². The molecule has 1 aliphatic rings. The summed E-state index contributed by atoms with van der Waals surface area (Å²) < 4.78 is 0. The van der Waals surface area contributed by atoms with Crippen LogP contribution >= 0.6 is 0 Å². The Morgan fingerprint density at radius 2 is 2.18 bits per heavy atom. The van der Waals surface area contributed by atoms with E-state index in [-0.39, 0.29) is 0 Å². The van der Waals surface area contributed by atoms with Crippen molar-refractivity contribution in [2.24, 2.45) is 5.73 Å². The van der Waals surface area contributed by atoms with Gasteiger partial charge < -0.3 is 16.0 Å². The predicted molar refractivity (Wildman–Crippen MR) is 70.2 cm³/mol. The number of nitrogens with zero attached hydrogens (tertiary/aromatic N) is 3. The lowest BCUT2D eigenvalue weighted by Crippen LogP contribution is -2.40. The van der Waals surface area contributed by atoms with Crippen LogP contribution in [0.3, 0.4) is 0 Å². The zero-order chi connectivity index (χ0) is 12.1. The third-order valence-electron chi connectivity index (χ3n) is 3.07. The molecular formula is C12H21N5. The van der Waals surface area contributed by atoms with Gasteiger partial charge in [0.15, 0.2) is 0 Å². The smallest absolute Gasteiger partial charge is 0.134 e. The fourth-order valence-electron chi connectivity index (χ4n) is 2.00. The largest absolute Gasteiger partial charge is 0.370 e.